The highest BCUT2D eigenvalue weighted by Gasteiger charge is 2.59. The number of fused-ring (bicyclic) bond motifs is 6. The lowest BCUT2D eigenvalue weighted by Gasteiger charge is -2.59. The van der Waals surface area contributed by atoms with Gasteiger partial charge in [0.15, 0.2) is 6.61 Å². The number of rotatable bonds is 8. The van der Waals surface area contributed by atoms with Crippen LogP contribution in [0, 0.1) is 34.5 Å². The van der Waals surface area contributed by atoms with Gasteiger partial charge >= 0.3 is 11.7 Å². The van der Waals surface area contributed by atoms with Crippen LogP contribution in [0.2, 0.25) is 0 Å². The van der Waals surface area contributed by atoms with Crippen LogP contribution in [0.5, 0.6) is 0 Å². The van der Waals surface area contributed by atoms with Crippen molar-refractivity contribution < 1.29 is 28.4 Å². The van der Waals surface area contributed by atoms with E-state index in [1.54, 1.807) is 25.1 Å². The second-order valence-corrected chi connectivity index (χ2v) is 14.0. The molecule has 1 aromatic carbocycles. The molecule has 6 rings (SSSR count). The molecule has 0 spiro atoms. The standard InChI is InChI=1S/C35H45N3O7/c1-4-43-33(42)37-23-6-8-25-21(17-32(41)45-29(25)19-23)13-16-36-31(40)20-44-38-30-10-9-27-26-7-5-22-18-24(39)11-14-34(22,2)28(26)12-15-35(27,30)3/h6,8,17,19,22,26-28H,4-5,7,9-16,18,20H2,1-3H3,(H,36,40)(H,37,42)/b38-30-/t22-,26-,27-,28-,34-,35-/m0/s1. The number of Topliss-reactive ketones (excluding diaryl/α,β-unsaturated/α-hetero) is 1. The second kappa shape index (κ2) is 12.6. The minimum Gasteiger partial charge on any atom is -0.450 e. The number of hydrogen-bond donors (Lipinski definition) is 2. The van der Waals surface area contributed by atoms with Gasteiger partial charge in [-0.25, -0.2) is 9.59 Å². The van der Waals surface area contributed by atoms with Crippen molar-refractivity contribution in [1.82, 2.24) is 5.32 Å². The lowest BCUT2D eigenvalue weighted by atomic mass is 9.45. The van der Waals surface area contributed by atoms with Crippen molar-refractivity contribution in [3.8, 4) is 0 Å². The van der Waals surface area contributed by atoms with Crippen LogP contribution >= 0.6 is 0 Å². The zero-order chi connectivity index (χ0) is 31.8. The Morgan fingerprint density at radius 3 is 2.71 bits per heavy atom. The van der Waals surface area contributed by atoms with Crippen molar-refractivity contribution in [3.05, 3.63) is 40.2 Å². The van der Waals surface area contributed by atoms with Gasteiger partial charge in [0.05, 0.1) is 12.3 Å². The minimum absolute atomic E-state index is 0.00643. The first-order valence-corrected chi connectivity index (χ1v) is 16.6. The molecule has 4 aliphatic carbocycles. The van der Waals surface area contributed by atoms with Crippen molar-refractivity contribution in [2.24, 2.45) is 39.7 Å². The smallest absolute Gasteiger partial charge is 0.411 e. The van der Waals surface area contributed by atoms with E-state index in [2.05, 4.69) is 29.6 Å². The predicted octanol–water partition coefficient (Wildman–Crippen LogP) is 6.00. The van der Waals surface area contributed by atoms with Crippen molar-refractivity contribution in [2.45, 2.75) is 85.0 Å². The molecular weight excluding hydrogens is 574 g/mol. The molecule has 4 aliphatic rings. The quantitative estimate of drug-likeness (QED) is 0.273. The number of hydrogen-bond acceptors (Lipinski definition) is 8. The third-order valence-corrected chi connectivity index (χ3v) is 11.7. The molecule has 0 aliphatic heterocycles. The van der Waals surface area contributed by atoms with Gasteiger partial charge in [0.2, 0.25) is 0 Å². The van der Waals surface area contributed by atoms with Crippen LogP contribution in [-0.4, -0.2) is 43.3 Å². The van der Waals surface area contributed by atoms with E-state index < -0.39 is 11.7 Å². The number of carbonyl (C=O) groups is 3. The molecule has 10 nitrogen and oxygen atoms in total. The number of carbonyl (C=O) groups excluding carboxylic acids is 3. The Bertz CT molecular complexity index is 1570. The van der Waals surface area contributed by atoms with E-state index in [9.17, 15) is 19.2 Å². The predicted molar refractivity (Wildman–Crippen MR) is 170 cm³/mol. The van der Waals surface area contributed by atoms with Crippen molar-refractivity contribution in [3.63, 3.8) is 0 Å². The molecule has 0 bridgehead atoms. The highest BCUT2D eigenvalue weighted by Crippen LogP contribution is 2.65. The lowest BCUT2D eigenvalue weighted by molar-refractivity contribution is -0.136. The fourth-order valence-electron chi connectivity index (χ4n) is 9.34. The molecule has 0 radical (unpaired) electrons. The number of ether oxygens (including phenoxy) is 1. The summed E-state index contributed by atoms with van der Waals surface area (Å²) >= 11 is 0. The Balaban J connectivity index is 1.02. The number of anilines is 1. The number of nitrogens with one attached hydrogen (secondary N) is 2. The summed E-state index contributed by atoms with van der Waals surface area (Å²) in [5.74, 6) is 2.67. The minimum atomic E-state index is -0.588. The summed E-state index contributed by atoms with van der Waals surface area (Å²) in [6.45, 7) is 6.92. The molecule has 1 aromatic heterocycles. The van der Waals surface area contributed by atoms with Gasteiger partial charge in [-0.05, 0) is 105 Å². The number of benzene rings is 1. The maximum absolute atomic E-state index is 12.6. The van der Waals surface area contributed by atoms with Crippen LogP contribution in [0.15, 0.2) is 38.6 Å². The van der Waals surface area contributed by atoms with Gasteiger partial charge in [-0.1, -0.05) is 19.0 Å². The van der Waals surface area contributed by atoms with E-state index in [4.69, 9.17) is 14.0 Å². The lowest BCUT2D eigenvalue weighted by Crippen LogP contribution is -2.53. The number of oxime groups is 1. The van der Waals surface area contributed by atoms with E-state index >= 15 is 0 Å². The third kappa shape index (κ3) is 6.12. The van der Waals surface area contributed by atoms with E-state index in [0.717, 1.165) is 61.6 Å². The zero-order valence-electron chi connectivity index (χ0n) is 26.6. The summed E-state index contributed by atoms with van der Waals surface area (Å²) in [5.41, 5.74) is 2.39. The summed E-state index contributed by atoms with van der Waals surface area (Å²) in [7, 11) is 0. The van der Waals surface area contributed by atoms with Crippen LogP contribution in [0.25, 0.3) is 11.0 Å². The third-order valence-electron chi connectivity index (χ3n) is 11.7. The average Bonchev–Trinajstić information content (AvgIpc) is 3.33. The number of amides is 2. The first-order chi connectivity index (χ1) is 21.6. The Labute approximate surface area is 263 Å². The molecule has 2 aromatic rings. The van der Waals surface area contributed by atoms with Gasteiger partial charge in [0.1, 0.15) is 11.4 Å². The van der Waals surface area contributed by atoms with Crippen LogP contribution in [0.1, 0.15) is 84.1 Å². The topological polar surface area (TPSA) is 136 Å². The molecule has 1 heterocycles. The Hall–Kier alpha value is -3.69. The van der Waals surface area contributed by atoms with Crippen molar-refractivity contribution in [2.75, 3.05) is 25.1 Å². The van der Waals surface area contributed by atoms with Crippen LogP contribution in [-0.2, 0) is 25.6 Å². The summed E-state index contributed by atoms with van der Waals surface area (Å²) in [6.07, 6.45) is 9.06. The monoisotopic (exact) mass is 619 g/mol. The molecule has 10 heteroatoms. The van der Waals surface area contributed by atoms with Crippen molar-refractivity contribution in [1.29, 1.82) is 0 Å². The molecular formula is C35H45N3O7. The van der Waals surface area contributed by atoms with E-state index in [1.807, 2.05) is 0 Å². The molecule has 45 heavy (non-hydrogen) atoms. The normalized spacial score (nSPS) is 31.5. The number of nitrogens with zero attached hydrogens (tertiary/aromatic N) is 1. The molecule has 242 valence electrons. The highest BCUT2D eigenvalue weighted by atomic mass is 16.6. The molecule has 2 N–H and O–H groups in total. The molecule has 0 unspecified atom stereocenters. The largest absolute Gasteiger partial charge is 0.450 e. The summed E-state index contributed by atoms with van der Waals surface area (Å²) in [5, 5.41) is 10.7. The van der Waals surface area contributed by atoms with Gasteiger partial charge in [0, 0.05) is 48.0 Å². The van der Waals surface area contributed by atoms with Gasteiger partial charge in [-0.15, -0.1) is 0 Å². The highest BCUT2D eigenvalue weighted by molar-refractivity contribution is 5.92. The molecule has 6 atom stereocenters. The summed E-state index contributed by atoms with van der Waals surface area (Å²) in [4.78, 5) is 54.4. The summed E-state index contributed by atoms with van der Waals surface area (Å²) in [6, 6.07) is 6.47. The van der Waals surface area contributed by atoms with Crippen LogP contribution in [0.4, 0.5) is 10.5 Å². The maximum Gasteiger partial charge on any atom is 0.411 e. The fraction of sp³-hybridized carbons (Fsp3) is 0.629. The van der Waals surface area contributed by atoms with Gasteiger partial charge in [0.25, 0.3) is 5.91 Å². The van der Waals surface area contributed by atoms with E-state index in [1.165, 1.54) is 18.9 Å². The first kappa shape index (κ1) is 31.3. The Morgan fingerprint density at radius 2 is 1.89 bits per heavy atom. The average molecular weight is 620 g/mol. The van der Waals surface area contributed by atoms with Gasteiger partial charge < -0.3 is 19.3 Å². The molecule has 4 fully saturated rings. The molecule has 2 amide bonds. The van der Waals surface area contributed by atoms with Gasteiger partial charge in [-0.2, -0.15) is 0 Å². The fourth-order valence-corrected chi connectivity index (χ4v) is 9.34. The Morgan fingerprint density at radius 1 is 1.04 bits per heavy atom. The van der Waals surface area contributed by atoms with Crippen LogP contribution in [0.3, 0.4) is 0 Å². The first-order valence-electron chi connectivity index (χ1n) is 16.6. The molecule has 4 saturated carbocycles. The summed E-state index contributed by atoms with van der Waals surface area (Å²) < 4.78 is 10.2. The van der Waals surface area contributed by atoms with Crippen LogP contribution < -0.4 is 16.3 Å². The molecule has 0 saturated heterocycles. The van der Waals surface area contributed by atoms with E-state index in [-0.39, 0.29) is 30.0 Å². The number of ketones is 1. The second-order valence-electron chi connectivity index (χ2n) is 14.0. The zero-order valence-corrected chi connectivity index (χ0v) is 26.6. The Kier molecular flexibility index (Phi) is 8.76. The SMILES string of the molecule is CCOC(=O)Nc1ccc2c(CCNC(=O)CO/N=C3/CC[C@H]4[C@@H]5CC[C@H]6CC(=O)CC[C@]6(C)[C@H]5CC[C@]34C)cc(=O)oc2c1. The van der Waals surface area contributed by atoms with E-state index in [0.29, 0.717) is 53.7 Å². The maximum atomic E-state index is 12.6. The van der Waals surface area contributed by atoms with Gasteiger partial charge in [-0.3, -0.25) is 14.9 Å². The van der Waals surface area contributed by atoms with Crippen molar-refractivity contribution >= 4 is 40.2 Å².